The van der Waals surface area contributed by atoms with Crippen molar-refractivity contribution in [3.8, 4) is 11.5 Å². The topological polar surface area (TPSA) is 76.7 Å². The van der Waals surface area contributed by atoms with E-state index in [9.17, 15) is 9.59 Å². The van der Waals surface area contributed by atoms with Crippen molar-refractivity contribution in [2.45, 2.75) is 13.8 Å². The second kappa shape index (κ2) is 8.58. The molecule has 0 radical (unpaired) electrons. The molecule has 0 aliphatic carbocycles. The minimum atomic E-state index is -0.396. The number of halogens is 1. The number of anilines is 1. The molecule has 2 aromatic rings. The fourth-order valence-electron chi connectivity index (χ4n) is 2.50. The van der Waals surface area contributed by atoms with Gasteiger partial charge in [-0.1, -0.05) is 17.7 Å². The fraction of sp³-hybridized carbons (Fsp3) is 0.263. The molecular weight excluding hydrogens is 356 g/mol. The number of aryl methyl sites for hydroxylation is 2. The van der Waals surface area contributed by atoms with E-state index in [1.165, 1.54) is 14.2 Å². The summed E-state index contributed by atoms with van der Waals surface area (Å²) in [5, 5.41) is 5.75. The predicted molar refractivity (Wildman–Crippen MR) is 101 cm³/mol. The Morgan fingerprint density at radius 1 is 1.04 bits per heavy atom. The third-order valence-electron chi connectivity index (χ3n) is 3.75. The average Bonchev–Trinajstić information content (AvgIpc) is 2.61. The smallest absolute Gasteiger partial charge is 0.251 e. The zero-order chi connectivity index (χ0) is 19.3. The fourth-order valence-corrected chi connectivity index (χ4v) is 2.87. The molecule has 0 aliphatic rings. The minimum Gasteiger partial charge on any atom is -0.493 e. The zero-order valence-corrected chi connectivity index (χ0v) is 15.9. The summed E-state index contributed by atoms with van der Waals surface area (Å²) in [5.74, 6) is 0.193. The molecule has 0 saturated carbocycles. The van der Waals surface area contributed by atoms with E-state index in [-0.39, 0.29) is 12.5 Å². The zero-order valence-electron chi connectivity index (χ0n) is 15.1. The molecule has 26 heavy (non-hydrogen) atoms. The standard InChI is InChI=1S/C19H21ClN2O4/c1-11-7-12(2)18(14(20)8-11)22-17(23)10-21-19(24)13-5-6-15(25-3)16(9-13)26-4/h5-9H,10H2,1-4H3,(H,21,24)(H,22,23). The number of methoxy groups -OCH3 is 2. The van der Waals surface area contributed by atoms with Crippen molar-refractivity contribution in [2.75, 3.05) is 26.1 Å². The Morgan fingerprint density at radius 2 is 1.73 bits per heavy atom. The van der Waals surface area contributed by atoms with Crippen LogP contribution in [0.25, 0.3) is 0 Å². The molecule has 0 fully saturated rings. The van der Waals surface area contributed by atoms with Crippen LogP contribution < -0.4 is 20.1 Å². The van der Waals surface area contributed by atoms with E-state index in [2.05, 4.69) is 10.6 Å². The van der Waals surface area contributed by atoms with E-state index >= 15 is 0 Å². The molecule has 0 atom stereocenters. The van der Waals surface area contributed by atoms with E-state index < -0.39 is 5.91 Å². The number of carbonyl (C=O) groups is 2. The molecule has 2 aromatic carbocycles. The van der Waals surface area contributed by atoms with Crippen LogP contribution in [0.15, 0.2) is 30.3 Å². The van der Waals surface area contributed by atoms with Gasteiger partial charge in [-0.25, -0.2) is 0 Å². The molecule has 138 valence electrons. The normalized spacial score (nSPS) is 10.2. The molecule has 0 heterocycles. The summed E-state index contributed by atoms with van der Waals surface area (Å²) >= 11 is 6.17. The van der Waals surface area contributed by atoms with Gasteiger partial charge in [0.2, 0.25) is 5.91 Å². The van der Waals surface area contributed by atoms with Crippen LogP contribution in [0.2, 0.25) is 5.02 Å². The van der Waals surface area contributed by atoms with Crippen molar-refractivity contribution in [3.63, 3.8) is 0 Å². The lowest BCUT2D eigenvalue weighted by Gasteiger charge is -2.12. The maximum absolute atomic E-state index is 12.2. The quantitative estimate of drug-likeness (QED) is 0.810. The lowest BCUT2D eigenvalue weighted by atomic mass is 10.1. The Bertz CT molecular complexity index is 813. The first-order valence-corrected chi connectivity index (χ1v) is 8.30. The summed E-state index contributed by atoms with van der Waals surface area (Å²) in [7, 11) is 3.00. The van der Waals surface area contributed by atoms with Gasteiger partial charge in [0.1, 0.15) is 0 Å². The minimum absolute atomic E-state index is 0.184. The summed E-state index contributed by atoms with van der Waals surface area (Å²) < 4.78 is 10.3. The monoisotopic (exact) mass is 376 g/mol. The van der Waals surface area contributed by atoms with Crippen molar-refractivity contribution in [3.05, 3.63) is 52.0 Å². The van der Waals surface area contributed by atoms with Gasteiger partial charge in [0.15, 0.2) is 11.5 Å². The molecule has 7 heteroatoms. The summed E-state index contributed by atoms with van der Waals surface area (Å²) in [4.78, 5) is 24.4. The van der Waals surface area contributed by atoms with Gasteiger partial charge in [0.05, 0.1) is 31.5 Å². The second-order valence-electron chi connectivity index (χ2n) is 5.74. The lowest BCUT2D eigenvalue weighted by Crippen LogP contribution is -2.33. The molecule has 0 aliphatic heterocycles. The van der Waals surface area contributed by atoms with Gasteiger partial charge in [0, 0.05) is 5.56 Å². The molecule has 2 amide bonds. The maximum atomic E-state index is 12.2. The number of ether oxygens (including phenoxy) is 2. The van der Waals surface area contributed by atoms with Crippen LogP contribution in [-0.2, 0) is 4.79 Å². The molecule has 2 N–H and O–H groups in total. The first-order chi connectivity index (χ1) is 12.3. The summed E-state index contributed by atoms with van der Waals surface area (Å²) in [6, 6.07) is 8.46. The predicted octanol–water partition coefficient (Wildman–Crippen LogP) is 3.34. The van der Waals surface area contributed by atoms with Crippen molar-refractivity contribution < 1.29 is 19.1 Å². The summed E-state index contributed by atoms with van der Waals surface area (Å²) in [6.45, 7) is 3.60. The molecule has 6 nitrogen and oxygen atoms in total. The van der Waals surface area contributed by atoms with Crippen LogP contribution in [0.3, 0.4) is 0 Å². The first-order valence-electron chi connectivity index (χ1n) is 7.92. The number of rotatable bonds is 6. The largest absolute Gasteiger partial charge is 0.493 e. The Hall–Kier alpha value is -2.73. The van der Waals surface area contributed by atoms with Gasteiger partial charge in [-0.3, -0.25) is 9.59 Å². The Kier molecular flexibility index (Phi) is 6.46. The molecule has 0 spiro atoms. The Balaban J connectivity index is 2.00. The van der Waals surface area contributed by atoms with Gasteiger partial charge in [-0.05, 0) is 49.2 Å². The highest BCUT2D eigenvalue weighted by atomic mass is 35.5. The van der Waals surface area contributed by atoms with Crippen LogP contribution in [0, 0.1) is 13.8 Å². The first kappa shape index (κ1) is 19.6. The van der Waals surface area contributed by atoms with E-state index in [4.69, 9.17) is 21.1 Å². The SMILES string of the molecule is COc1ccc(C(=O)NCC(=O)Nc2c(C)cc(C)cc2Cl)cc1OC. The van der Waals surface area contributed by atoms with E-state index in [1.54, 1.807) is 24.3 Å². The van der Waals surface area contributed by atoms with Gasteiger partial charge in [0.25, 0.3) is 5.91 Å². The molecular formula is C19H21ClN2O4. The van der Waals surface area contributed by atoms with E-state index in [0.717, 1.165) is 11.1 Å². The van der Waals surface area contributed by atoms with Gasteiger partial charge >= 0.3 is 0 Å². The second-order valence-corrected chi connectivity index (χ2v) is 6.15. The van der Waals surface area contributed by atoms with E-state index in [1.807, 2.05) is 19.9 Å². The number of amides is 2. The highest BCUT2D eigenvalue weighted by molar-refractivity contribution is 6.34. The highest BCUT2D eigenvalue weighted by Crippen LogP contribution is 2.28. The molecule has 0 unspecified atom stereocenters. The van der Waals surface area contributed by atoms with Crippen LogP contribution in [-0.4, -0.2) is 32.6 Å². The summed E-state index contributed by atoms with van der Waals surface area (Å²) in [6.07, 6.45) is 0. The number of benzene rings is 2. The molecule has 0 aromatic heterocycles. The average molecular weight is 377 g/mol. The van der Waals surface area contributed by atoms with Crippen LogP contribution >= 0.6 is 11.6 Å². The molecule has 2 rings (SSSR count). The Morgan fingerprint density at radius 3 is 2.35 bits per heavy atom. The van der Waals surface area contributed by atoms with Crippen LogP contribution in [0.1, 0.15) is 21.5 Å². The van der Waals surface area contributed by atoms with Crippen molar-refractivity contribution in [2.24, 2.45) is 0 Å². The van der Waals surface area contributed by atoms with Crippen LogP contribution in [0.4, 0.5) is 5.69 Å². The number of hydrogen-bond donors (Lipinski definition) is 2. The number of carbonyl (C=O) groups excluding carboxylic acids is 2. The maximum Gasteiger partial charge on any atom is 0.251 e. The summed E-state index contributed by atoms with van der Waals surface area (Å²) in [5.41, 5.74) is 2.77. The van der Waals surface area contributed by atoms with Crippen molar-refractivity contribution in [1.82, 2.24) is 5.32 Å². The number of nitrogens with one attached hydrogen (secondary N) is 2. The Labute approximate surface area is 157 Å². The van der Waals surface area contributed by atoms with Gasteiger partial charge in [-0.2, -0.15) is 0 Å². The molecule has 0 saturated heterocycles. The third-order valence-corrected chi connectivity index (χ3v) is 4.05. The highest BCUT2D eigenvalue weighted by Gasteiger charge is 2.13. The third kappa shape index (κ3) is 4.67. The number of hydrogen-bond acceptors (Lipinski definition) is 4. The van der Waals surface area contributed by atoms with Gasteiger partial charge < -0.3 is 20.1 Å². The van der Waals surface area contributed by atoms with Crippen molar-refractivity contribution >= 4 is 29.1 Å². The van der Waals surface area contributed by atoms with Crippen LogP contribution in [0.5, 0.6) is 11.5 Å². The van der Waals surface area contributed by atoms with Gasteiger partial charge in [-0.15, -0.1) is 0 Å². The van der Waals surface area contributed by atoms with Crippen molar-refractivity contribution in [1.29, 1.82) is 0 Å². The molecule has 0 bridgehead atoms. The lowest BCUT2D eigenvalue weighted by molar-refractivity contribution is -0.115. The van der Waals surface area contributed by atoms with E-state index in [0.29, 0.717) is 27.8 Å².